The molecule has 152 valence electrons. The predicted molar refractivity (Wildman–Crippen MR) is 112 cm³/mol. The van der Waals surface area contributed by atoms with Crippen molar-refractivity contribution >= 4 is 11.8 Å². The van der Waals surface area contributed by atoms with Crippen LogP contribution in [0.4, 0.5) is 0 Å². The van der Waals surface area contributed by atoms with Gasteiger partial charge in [-0.25, -0.2) is 0 Å². The fourth-order valence-electron chi connectivity index (χ4n) is 4.40. The highest BCUT2D eigenvalue weighted by Crippen LogP contribution is 2.45. The van der Waals surface area contributed by atoms with Crippen molar-refractivity contribution in [3.8, 4) is 11.1 Å². The quantitative estimate of drug-likeness (QED) is 0.822. The number of aliphatic hydroxyl groups excluding tert-OH is 1. The van der Waals surface area contributed by atoms with Crippen LogP contribution in [0.1, 0.15) is 31.2 Å². The van der Waals surface area contributed by atoms with Crippen LogP contribution in [-0.2, 0) is 9.59 Å². The van der Waals surface area contributed by atoms with Gasteiger partial charge >= 0.3 is 0 Å². The lowest BCUT2D eigenvalue weighted by atomic mass is 9.74. The van der Waals surface area contributed by atoms with Gasteiger partial charge in [0, 0.05) is 32.4 Å². The Balaban J connectivity index is 1.60. The SMILES string of the molecule is CC(=O)N(C)C[C@@H]1[C@@H](c2ccc(-c3ccccc3)cc2)[C@H](CO)N1C(=O)C1CC1. The molecule has 1 aliphatic carbocycles. The van der Waals surface area contributed by atoms with Crippen LogP contribution in [-0.4, -0.2) is 59.0 Å². The molecule has 4 rings (SSSR count). The van der Waals surface area contributed by atoms with Crippen molar-refractivity contribution < 1.29 is 14.7 Å². The molecule has 29 heavy (non-hydrogen) atoms. The van der Waals surface area contributed by atoms with Gasteiger partial charge in [-0.1, -0.05) is 54.6 Å². The first-order valence-electron chi connectivity index (χ1n) is 10.3. The van der Waals surface area contributed by atoms with Gasteiger partial charge in [0.25, 0.3) is 0 Å². The molecule has 5 heteroatoms. The summed E-state index contributed by atoms with van der Waals surface area (Å²) in [6.45, 7) is 1.96. The minimum atomic E-state index is -0.226. The highest BCUT2D eigenvalue weighted by atomic mass is 16.3. The van der Waals surface area contributed by atoms with Gasteiger partial charge in [-0.2, -0.15) is 0 Å². The van der Waals surface area contributed by atoms with Crippen LogP contribution in [0.15, 0.2) is 54.6 Å². The van der Waals surface area contributed by atoms with Gasteiger partial charge in [0.2, 0.25) is 11.8 Å². The number of hydrogen-bond acceptors (Lipinski definition) is 3. The number of likely N-dealkylation sites (tertiary alicyclic amines) is 1. The smallest absolute Gasteiger partial charge is 0.226 e. The molecule has 1 aliphatic heterocycles. The molecule has 2 fully saturated rings. The van der Waals surface area contributed by atoms with Crippen molar-refractivity contribution in [3.63, 3.8) is 0 Å². The van der Waals surface area contributed by atoms with Crippen molar-refractivity contribution in [1.82, 2.24) is 9.80 Å². The molecule has 5 nitrogen and oxygen atoms in total. The van der Waals surface area contributed by atoms with E-state index < -0.39 is 0 Å². The Kier molecular flexibility index (Phi) is 5.41. The monoisotopic (exact) mass is 392 g/mol. The lowest BCUT2D eigenvalue weighted by Crippen LogP contribution is -2.68. The number of likely N-dealkylation sites (N-methyl/N-ethyl adjacent to an activating group) is 1. The Hall–Kier alpha value is -2.66. The van der Waals surface area contributed by atoms with E-state index in [2.05, 4.69) is 36.4 Å². The number of nitrogens with zero attached hydrogens (tertiary/aromatic N) is 2. The zero-order valence-corrected chi connectivity index (χ0v) is 17.0. The van der Waals surface area contributed by atoms with E-state index in [-0.39, 0.29) is 42.3 Å². The molecule has 1 saturated carbocycles. The maximum absolute atomic E-state index is 12.8. The summed E-state index contributed by atoms with van der Waals surface area (Å²) < 4.78 is 0. The molecule has 3 atom stereocenters. The van der Waals surface area contributed by atoms with Gasteiger partial charge < -0.3 is 14.9 Å². The third kappa shape index (κ3) is 3.79. The van der Waals surface area contributed by atoms with Crippen molar-refractivity contribution in [2.45, 2.75) is 37.8 Å². The molecule has 1 heterocycles. The zero-order chi connectivity index (χ0) is 20.5. The lowest BCUT2D eigenvalue weighted by Gasteiger charge is -2.56. The Morgan fingerprint density at radius 1 is 1.00 bits per heavy atom. The van der Waals surface area contributed by atoms with Crippen molar-refractivity contribution in [3.05, 3.63) is 60.2 Å². The normalized spacial score (nSPS) is 23.4. The standard InChI is InChI=1S/C24H28N2O3/c1-16(28)25(2)14-21-23(22(15-27)26(21)24(29)20-12-13-20)19-10-8-18(9-11-19)17-6-4-3-5-7-17/h3-11,20-23,27H,12-15H2,1-2H3/t21-,22+,23-/m1/s1. The van der Waals surface area contributed by atoms with E-state index in [0.717, 1.165) is 29.5 Å². The maximum atomic E-state index is 12.8. The van der Waals surface area contributed by atoms with Crippen LogP contribution in [0.5, 0.6) is 0 Å². The fourth-order valence-corrected chi connectivity index (χ4v) is 4.40. The second-order valence-corrected chi connectivity index (χ2v) is 8.25. The molecular formula is C24H28N2O3. The van der Waals surface area contributed by atoms with Crippen molar-refractivity contribution in [2.75, 3.05) is 20.2 Å². The molecule has 2 amide bonds. The van der Waals surface area contributed by atoms with Crippen LogP contribution in [0.25, 0.3) is 11.1 Å². The van der Waals surface area contributed by atoms with Crippen LogP contribution < -0.4 is 0 Å². The lowest BCUT2D eigenvalue weighted by molar-refractivity contribution is -0.155. The molecule has 0 aromatic heterocycles. The van der Waals surface area contributed by atoms with E-state index in [0.29, 0.717) is 6.54 Å². The molecule has 2 aromatic rings. The number of hydrogen-bond donors (Lipinski definition) is 1. The first kappa shape index (κ1) is 19.6. The van der Waals surface area contributed by atoms with Gasteiger partial charge in [-0.15, -0.1) is 0 Å². The number of carbonyl (C=O) groups excluding carboxylic acids is 2. The van der Waals surface area contributed by atoms with Crippen LogP contribution >= 0.6 is 0 Å². The van der Waals surface area contributed by atoms with E-state index in [1.807, 2.05) is 23.1 Å². The average molecular weight is 392 g/mol. The van der Waals surface area contributed by atoms with Gasteiger partial charge in [0.1, 0.15) is 0 Å². The molecule has 0 bridgehead atoms. The highest BCUT2D eigenvalue weighted by molar-refractivity contribution is 5.83. The van der Waals surface area contributed by atoms with Crippen LogP contribution in [0.2, 0.25) is 0 Å². The zero-order valence-electron chi connectivity index (χ0n) is 17.0. The third-order valence-corrected chi connectivity index (χ3v) is 6.31. The second kappa shape index (κ2) is 7.99. The summed E-state index contributed by atoms with van der Waals surface area (Å²) in [4.78, 5) is 28.2. The van der Waals surface area contributed by atoms with Gasteiger partial charge in [0.05, 0.1) is 18.7 Å². The minimum Gasteiger partial charge on any atom is -0.394 e. The minimum absolute atomic E-state index is 0.0190. The Morgan fingerprint density at radius 3 is 2.17 bits per heavy atom. The number of aliphatic hydroxyl groups is 1. The van der Waals surface area contributed by atoms with E-state index >= 15 is 0 Å². The molecule has 0 unspecified atom stereocenters. The first-order valence-corrected chi connectivity index (χ1v) is 10.3. The molecule has 0 radical (unpaired) electrons. The van der Waals surface area contributed by atoms with E-state index in [1.165, 1.54) is 0 Å². The highest BCUT2D eigenvalue weighted by Gasteiger charge is 2.53. The van der Waals surface area contributed by atoms with Crippen molar-refractivity contribution in [1.29, 1.82) is 0 Å². The topological polar surface area (TPSA) is 60.9 Å². The largest absolute Gasteiger partial charge is 0.394 e. The molecule has 0 spiro atoms. The molecule has 2 aliphatic rings. The predicted octanol–water partition coefficient (Wildman–Crippen LogP) is 2.90. The number of carbonyl (C=O) groups is 2. The van der Waals surface area contributed by atoms with Crippen molar-refractivity contribution in [2.24, 2.45) is 5.92 Å². The molecule has 1 saturated heterocycles. The summed E-state index contributed by atoms with van der Waals surface area (Å²) in [5.41, 5.74) is 3.40. The van der Waals surface area contributed by atoms with E-state index in [1.54, 1.807) is 18.9 Å². The average Bonchev–Trinajstić information content (AvgIpc) is 3.57. The third-order valence-electron chi connectivity index (χ3n) is 6.31. The van der Waals surface area contributed by atoms with Crippen LogP contribution in [0.3, 0.4) is 0 Å². The number of amides is 2. The Labute approximate surface area is 171 Å². The summed E-state index contributed by atoms with van der Waals surface area (Å²) in [5, 5.41) is 10.1. The fraction of sp³-hybridized carbons (Fsp3) is 0.417. The summed E-state index contributed by atoms with van der Waals surface area (Å²) in [5.74, 6) is 0.225. The van der Waals surface area contributed by atoms with E-state index in [4.69, 9.17) is 0 Å². The summed E-state index contributed by atoms with van der Waals surface area (Å²) in [6, 6.07) is 18.2. The van der Waals surface area contributed by atoms with Gasteiger partial charge in [-0.3, -0.25) is 9.59 Å². The van der Waals surface area contributed by atoms with Gasteiger partial charge in [0.15, 0.2) is 0 Å². The van der Waals surface area contributed by atoms with Crippen LogP contribution in [0, 0.1) is 5.92 Å². The van der Waals surface area contributed by atoms with E-state index in [9.17, 15) is 14.7 Å². The molecule has 1 N–H and O–H groups in total. The maximum Gasteiger partial charge on any atom is 0.226 e. The summed E-state index contributed by atoms with van der Waals surface area (Å²) in [6.07, 6.45) is 1.86. The molecule has 2 aromatic carbocycles. The van der Waals surface area contributed by atoms with Gasteiger partial charge in [-0.05, 0) is 29.5 Å². The summed E-state index contributed by atoms with van der Waals surface area (Å²) >= 11 is 0. The second-order valence-electron chi connectivity index (χ2n) is 8.25. The Bertz CT molecular complexity index is 877. The summed E-state index contributed by atoms with van der Waals surface area (Å²) in [7, 11) is 1.77. The first-order chi connectivity index (χ1) is 14.0. The molecular weight excluding hydrogens is 364 g/mol. The number of rotatable bonds is 6. The Morgan fingerprint density at radius 2 is 1.62 bits per heavy atom. The number of benzene rings is 2.